The number of hydrogen-bond donors (Lipinski definition) is 2. The average Bonchev–Trinajstić information content (AvgIpc) is 2.86. The highest BCUT2D eigenvalue weighted by molar-refractivity contribution is 5.89. The average molecular weight is 330 g/mol. The van der Waals surface area contributed by atoms with Crippen LogP contribution in [0.2, 0.25) is 0 Å². The lowest BCUT2D eigenvalue weighted by atomic mass is 9.70. The first-order valence-corrected chi connectivity index (χ1v) is 8.57. The van der Waals surface area contributed by atoms with E-state index in [1.54, 1.807) is 24.3 Å². The van der Waals surface area contributed by atoms with Crippen LogP contribution >= 0.6 is 0 Å². The summed E-state index contributed by atoms with van der Waals surface area (Å²) in [5.74, 6) is 0.376. The minimum atomic E-state index is -0.564. The van der Waals surface area contributed by atoms with Crippen molar-refractivity contribution in [3.05, 3.63) is 35.4 Å². The van der Waals surface area contributed by atoms with Gasteiger partial charge in [0.1, 0.15) is 6.10 Å². The van der Waals surface area contributed by atoms with Crippen LogP contribution in [0, 0.1) is 16.7 Å². The Morgan fingerprint density at radius 1 is 1.25 bits per heavy atom. The van der Waals surface area contributed by atoms with Crippen molar-refractivity contribution in [3.63, 3.8) is 0 Å². The van der Waals surface area contributed by atoms with Crippen molar-refractivity contribution >= 4 is 12.0 Å². The Hall–Kier alpha value is -2.04. The van der Waals surface area contributed by atoms with Gasteiger partial charge in [-0.1, -0.05) is 32.9 Å². The van der Waals surface area contributed by atoms with Gasteiger partial charge in [-0.25, -0.2) is 9.59 Å². The summed E-state index contributed by atoms with van der Waals surface area (Å²) in [5, 5.41) is 2.52. The number of fused-ring (bicyclic) bond motifs is 2. The molecule has 5 nitrogen and oxygen atoms in total. The van der Waals surface area contributed by atoms with Crippen molar-refractivity contribution in [2.45, 2.75) is 52.7 Å². The molecule has 3 rings (SSSR count). The molecule has 2 bridgehead atoms. The Bertz CT molecular complexity index is 653. The molecule has 0 aliphatic heterocycles. The fourth-order valence-electron chi connectivity index (χ4n) is 4.45. The highest BCUT2D eigenvalue weighted by Gasteiger charge is 2.62. The SMILES string of the molecule is CC1(C)[C@H]2CC[C@@]1(C)[C@H](OC(=O)c1ccc(CNC(N)=O)cc1)C2. The van der Waals surface area contributed by atoms with Gasteiger partial charge < -0.3 is 15.8 Å². The number of primary amides is 1. The van der Waals surface area contributed by atoms with E-state index < -0.39 is 6.03 Å². The third kappa shape index (κ3) is 2.66. The van der Waals surface area contributed by atoms with Crippen LogP contribution in [-0.4, -0.2) is 18.1 Å². The molecular weight excluding hydrogens is 304 g/mol. The van der Waals surface area contributed by atoms with Crippen LogP contribution in [0.15, 0.2) is 24.3 Å². The molecule has 1 aromatic rings. The molecule has 24 heavy (non-hydrogen) atoms. The zero-order valence-electron chi connectivity index (χ0n) is 14.6. The zero-order chi connectivity index (χ0) is 17.5. The van der Waals surface area contributed by atoms with Crippen molar-refractivity contribution in [1.29, 1.82) is 0 Å². The summed E-state index contributed by atoms with van der Waals surface area (Å²) in [6.45, 7) is 7.22. The number of nitrogens with one attached hydrogen (secondary N) is 1. The van der Waals surface area contributed by atoms with Gasteiger partial charge in [0, 0.05) is 12.0 Å². The van der Waals surface area contributed by atoms with Crippen molar-refractivity contribution in [2.24, 2.45) is 22.5 Å². The van der Waals surface area contributed by atoms with E-state index in [-0.39, 0.29) is 22.9 Å². The Balaban J connectivity index is 1.65. The number of rotatable bonds is 4. The maximum absolute atomic E-state index is 12.5. The third-order valence-electron chi connectivity index (χ3n) is 6.62. The Kier molecular flexibility index (Phi) is 4.06. The number of urea groups is 1. The summed E-state index contributed by atoms with van der Waals surface area (Å²) < 4.78 is 5.88. The van der Waals surface area contributed by atoms with Gasteiger partial charge in [-0.15, -0.1) is 0 Å². The largest absolute Gasteiger partial charge is 0.458 e. The predicted octanol–water partition coefficient (Wildman–Crippen LogP) is 3.23. The zero-order valence-corrected chi connectivity index (χ0v) is 14.6. The maximum atomic E-state index is 12.5. The molecule has 0 radical (unpaired) electrons. The lowest BCUT2D eigenvalue weighted by Gasteiger charge is -2.38. The molecule has 5 heteroatoms. The topological polar surface area (TPSA) is 81.4 Å². The van der Waals surface area contributed by atoms with Gasteiger partial charge in [-0.2, -0.15) is 0 Å². The van der Waals surface area contributed by atoms with Crippen molar-refractivity contribution < 1.29 is 14.3 Å². The molecule has 2 fully saturated rings. The highest BCUT2D eigenvalue weighted by Crippen LogP contribution is 2.66. The monoisotopic (exact) mass is 330 g/mol. The molecule has 3 atom stereocenters. The minimum Gasteiger partial charge on any atom is -0.458 e. The quantitative estimate of drug-likeness (QED) is 0.832. The van der Waals surface area contributed by atoms with Gasteiger partial charge >= 0.3 is 12.0 Å². The molecule has 3 N–H and O–H groups in total. The van der Waals surface area contributed by atoms with Crippen LogP contribution in [0.3, 0.4) is 0 Å². The number of benzene rings is 1. The first-order chi connectivity index (χ1) is 11.2. The van der Waals surface area contributed by atoms with E-state index in [0.717, 1.165) is 18.4 Å². The van der Waals surface area contributed by atoms with Gasteiger partial charge in [-0.3, -0.25) is 0 Å². The van der Waals surface area contributed by atoms with Crippen LogP contribution in [-0.2, 0) is 11.3 Å². The lowest BCUT2D eigenvalue weighted by molar-refractivity contribution is -0.0242. The summed E-state index contributed by atoms with van der Waals surface area (Å²) in [4.78, 5) is 23.2. The van der Waals surface area contributed by atoms with Crippen molar-refractivity contribution in [1.82, 2.24) is 5.32 Å². The third-order valence-corrected chi connectivity index (χ3v) is 6.62. The number of carbonyl (C=O) groups is 2. The van der Waals surface area contributed by atoms with Crippen LogP contribution in [0.4, 0.5) is 4.79 Å². The number of amides is 2. The molecule has 0 aromatic heterocycles. The second kappa shape index (κ2) is 5.80. The molecule has 0 saturated heterocycles. The first kappa shape index (κ1) is 16.8. The van der Waals surface area contributed by atoms with E-state index in [1.165, 1.54) is 6.42 Å². The van der Waals surface area contributed by atoms with Gasteiger partial charge in [0.25, 0.3) is 0 Å². The van der Waals surface area contributed by atoms with Crippen LogP contribution in [0.25, 0.3) is 0 Å². The van der Waals surface area contributed by atoms with E-state index in [0.29, 0.717) is 18.0 Å². The number of esters is 1. The second-order valence-electron chi connectivity index (χ2n) is 7.92. The lowest BCUT2D eigenvalue weighted by Crippen LogP contribution is -2.38. The molecule has 2 aliphatic carbocycles. The van der Waals surface area contributed by atoms with Crippen LogP contribution in [0.1, 0.15) is 56.0 Å². The van der Waals surface area contributed by atoms with Gasteiger partial charge in [0.15, 0.2) is 0 Å². The van der Waals surface area contributed by atoms with E-state index in [1.807, 2.05) is 0 Å². The maximum Gasteiger partial charge on any atom is 0.338 e. The summed E-state index contributed by atoms with van der Waals surface area (Å²) in [6, 6.07) is 6.52. The van der Waals surface area contributed by atoms with Gasteiger partial charge in [-0.05, 0) is 48.3 Å². The van der Waals surface area contributed by atoms with E-state index >= 15 is 0 Å². The summed E-state index contributed by atoms with van der Waals surface area (Å²) in [5.41, 5.74) is 6.77. The fraction of sp³-hybridized carbons (Fsp3) is 0.579. The molecule has 2 amide bonds. The number of hydrogen-bond acceptors (Lipinski definition) is 3. The molecule has 0 heterocycles. The molecule has 0 unspecified atom stereocenters. The summed E-state index contributed by atoms with van der Waals surface area (Å²) in [7, 11) is 0. The molecule has 130 valence electrons. The normalized spacial score (nSPS) is 30.1. The number of nitrogens with two attached hydrogens (primary N) is 1. The summed E-state index contributed by atoms with van der Waals surface area (Å²) in [6.07, 6.45) is 3.32. The fourth-order valence-corrected chi connectivity index (χ4v) is 4.45. The van der Waals surface area contributed by atoms with Crippen LogP contribution in [0.5, 0.6) is 0 Å². The standard InChI is InChI=1S/C19H26N2O3/c1-18(2)14-8-9-19(18,3)15(10-14)24-16(22)13-6-4-12(5-7-13)11-21-17(20)23/h4-7,14-15H,8-11H2,1-3H3,(H3,20,21,23)/t14-,15+,19-/m0/s1. The molecule has 2 saturated carbocycles. The Labute approximate surface area is 142 Å². The minimum absolute atomic E-state index is 0.00467. The van der Waals surface area contributed by atoms with Crippen LogP contribution < -0.4 is 11.1 Å². The van der Waals surface area contributed by atoms with Gasteiger partial charge in [0.2, 0.25) is 0 Å². The Morgan fingerprint density at radius 3 is 2.42 bits per heavy atom. The molecule has 1 aromatic carbocycles. The van der Waals surface area contributed by atoms with E-state index in [9.17, 15) is 9.59 Å². The highest BCUT2D eigenvalue weighted by atomic mass is 16.5. The second-order valence-corrected chi connectivity index (χ2v) is 7.92. The smallest absolute Gasteiger partial charge is 0.338 e. The first-order valence-electron chi connectivity index (χ1n) is 8.57. The number of carbonyl (C=O) groups excluding carboxylic acids is 2. The van der Waals surface area contributed by atoms with E-state index in [4.69, 9.17) is 10.5 Å². The summed E-state index contributed by atoms with van der Waals surface area (Å²) >= 11 is 0. The van der Waals surface area contributed by atoms with E-state index in [2.05, 4.69) is 26.1 Å². The van der Waals surface area contributed by atoms with Crippen molar-refractivity contribution in [2.75, 3.05) is 0 Å². The predicted molar refractivity (Wildman–Crippen MR) is 91.3 cm³/mol. The molecular formula is C19H26N2O3. The molecule has 0 spiro atoms. The number of ether oxygens (including phenoxy) is 1. The van der Waals surface area contributed by atoms with Gasteiger partial charge in [0.05, 0.1) is 5.56 Å². The van der Waals surface area contributed by atoms with Crippen molar-refractivity contribution in [3.8, 4) is 0 Å². The Morgan fingerprint density at radius 2 is 1.92 bits per heavy atom. The molecule has 2 aliphatic rings.